The van der Waals surface area contributed by atoms with Crippen molar-refractivity contribution < 1.29 is 28.8 Å². The van der Waals surface area contributed by atoms with Crippen LogP contribution in [0.15, 0.2) is 97.1 Å². The second-order valence-electron chi connectivity index (χ2n) is 9.99. The summed E-state index contributed by atoms with van der Waals surface area (Å²) in [7, 11) is 6.29. The Hall–Kier alpha value is -4.89. The summed E-state index contributed by atoms with van der Waals surface area (Å²) >= 11 is 12.5. The molecule has 0 aliphatic rings. The summed E-state index contributed by atoms with van der Waals surface area (Å²) in [5.41, 5.74) is 3.38. The van der Waals surface area contributed by atoms with Crippen LogP contribution in [0.25, 0.3) is 21.8 Å². The molecule has 234 valence electrons. The topological polar surface area (TPSA) is 100 Å². The van der Waals surface area contributed by atoms with Crippen molar-refractivity contribution in [3.63, 3.8) is 0 Å². The first kappa shape index (κ1) is 32.5. The fourth-order valence-corrected chi connectivity index (χ4v) is 5.40. The summed E-state index contributed by atoms with van der Waals surface area (Å²) in [5, 5.41) is 12.8. The van der Waals surface area contributed by atoms with E-state index in [0.29, 0.717) is 45.0 Å². The highest BCUT2D eigenvalue weighted by Gasteiger charge is 2.20. The molecule has 6 rings (SSSR count). The van der Waals surface area contributed by atoms with Crippen LogP contribution in [-0.2, 0) is 0 Å². The van der Waals surface area contributed by atoms with Gasteiger partial charge in [0, 0.05) is 21.9 Å². The third kappa shape index (κ3) is 6.84. The van der Waals surface area contributed by atoms with Crippen molar-refractivity contribution >= 4 is 50.8 Å². The minimum absolute atomic E-state index is 0.165. The second kappa shape index (κ2) is 14.5. The maximum Gasteiger partial charge on any atom is 0.199 e. The SMILES string of the molecule is COc1ccc2nc(Cl)c(C(=O)c3ccccc3OC)cc2c1.COc1ccc2nc(Cl)c(C(O)c3ccccc3OC)cc2c1. The van der Waals surface area contributed by atoms with E-state index in [4.69, 9.17) is 42.1 Å². The van der Waals surface area contributed by atoms with E-state index in [0.717, 1.165) is 22.0 Å². The maximum atomic E-state index is 12.8. The van der Waals surface area contributed by atoms with Gasteiger partial charge < -0.3 is 24.1 Å². The van der Waals surface area contributed by atoms with Crippen LogP contribution in [0, 0.1) is 0 Å². The molecule has 10 heteroatoms. The molecule has 0 saturated heterocycles. The Labute approximate surface area is 276 Å². The number of ether oxygens (including phenoxy) is 4. The number of para-hydroxylation sites is 2. The number of benzene rings is 4. The number of hydrogen-bond donors (Lipinski definition) is 1. The zero-order valence-electron chi connectivity index (χ0n) is 25.5. The Bertz CT molecular complexity index is 2030. The summed E-state index contributed by atoms with van der Waals surface area (Å²) in [6.45, 7) is 0. The average Bonchev–Trinajstić information content (AvgIpc) is 3.10. The molecule has 0 saturated carbocycles. The van der Waals surface area contributed by atoms with Crippen molar-refractivity contribution in [3.05, 3.63) is 130 Å². The third-order valence-corrected chi connectivity index (χ3v) is 7.89. The van der Waals surface area contributed by atoms with E-state index in [1.165, 1.54) is 7.11 Å². The predicted molar refractivity (Wildman–Crippen MR) is 180 cm³/mol. The van der Waals surface area contributed by atoms with Crippen LogP contribution in [-0.4, -0.2) is 49.3 Å². The highest BCUT2D eigenvalue weighted by molar-refractivity contribution is 6.34. The zero-order chi connectivity index (χ0) is 32.8. The monoisotopic (exact) mass is 656 g/mol. The predicted octanol–water partition coefficient (Wildman–Crippen LogP) is 8.12. The minimum Gasteiger partial charge on any atom is -0.497 e. The molecule has 0 bridgehead atoms. The smallest absolute Gasteiger partial charge is 0.199 e. The van der Waals surface area contributed by atoms with Gasteiger partial charge in [-0.15, -0.1) is 0 Å². The van der Waals surface area contributed by atoms with Crippen LogP contribution in [0.3, 0.4) is 0 Å². The van der Waals surface area contributed by atoms with E-state index < -0.39 is 6.10 Å². The van der Waals surface area contributed by atoms with Crippen molar-refractivity contribution in [3.8, 4) is 23.0 Å². The Kier molecular flexibility index (Phi) is 10.2. The number of hydrogen-bond acceptors (Lipinski definition) is 8. The van der Waals surface area contributed by atoms with Crippen molar-refractivity contribution in [1.82, 2.24) is 9.97 Å². The van der Waals surface area contributed by atoms with Crippen molar-refractivity contribution in [2.45, 2.75) is 6.10 Å². The molecule has 8 nitrogen and oxygen atoms in total. The van der Waals surface area contributed by atoms with Crippen molar-refractivity contribution in [1.29, 1.82) is 0 Å². The van der Waals surface area contributed by atoms with Crippen LogP contribution in [0.1, 0.15) is 33.2 Å². The lowest BCUT2D eigenvalue weighted by atomic mass is 10.0. The number of rotatable bonds is 8. The van der Waals surface area contributed by atoms with Crippen LogP contribution in [0.4, 0.5) is 0 Å². The number of methoxy groups -OCH3 is 4. The molecule has 0 spiro atoms. The van der Waals surface area contributed by atoms with Gasteiger partial charge in [-0.25, -0.2) is 9.97 Å². The van der Waals surface area contributed by atoms with E-state index in [2.05, 4.69) is 9.97 Å². The fraction of sp³-hybridized carbons (Fsp3) is 0.139. The first-order valence-corrected chi connectivity index (χ1v) is 14.8. The van der Waals surface area contributed by atoms with Gasteiger partial charge in [0.2, 0.25) is 0 Å². The van der Waals surface area contributed by atoms with Gasteiger partial charge in [0.15, 0.2) is 5.78 Å². The fourth-order valence-electron chi connectivity index (χ4n) is 4.92. The number of carbonyl (C=O) groups excluding carboxylic acids is 1. The first-order chi connectivity index (χ1) is 22.3. The van der Waals surface area contributed by atoms with Gasteiger partial charge in [0.1, 0.15) is 39.4 Å². The third-order valence-electron chi connectivity index (χ3n) is 7.30. The van der Waals surface area contributed by atoms with E-state index in [9.17, 15) is 9.90 Å². The van der Waals surface area contributed by atoms with Crippen LogP contribution in [0.5, 0.6) is 23.0 Å². The Morgan fingerprint density at radius 3 is 1.76 bits per heavy atom. The molecule has 2 heterocycles. The van der Waals surface area contributed by atoms with Crippen LogP contribution < -0.4 is 18.9 Å². The second-order valence-corrected chi connectivity index (χ2v) is 10.7. The minimum atomic E-state index is -0.929. The Balaban J connectivity index is 0.000000181. The van der Waals surface area contributed by atoms with Gasteiger partial charge in [0.05, 0.1) is 50.6 Å². The van der Waals surface area contributed by atoms with Crippen molar-refractivity contribution in [2.24, 2.45) is 0 Å². The van der Waals surface area contributed by atoms with Crippen LogP contribution in [0.2, 0.25) is 10.3 Å². The molecular weight excluding hydrogens is 627 g/mol. The lowest BCUT2D eigenvalue weighted by Gasteiger charge is -2.16. The van der Waals surface area contributed by atoms with E-state index >= 15 is 0 Å². The van der Waals surface area contributed by atoms with Gasteiger partial charge in [0.25, 0.3) is 0 Å². The largest absolute Gasteiger partial charge is 0.497 e. The normalized spacial score (nSPS) is 11.4. The molecule has 2 aromatic heterocycles. The number of carbonyl (C=O) groups is 1. The summed E-state index contributed by atoms with van der Waals surface area (Å²) in [4.78, 5) is 21.5. The quantitative estimate of drug-likeness (QED) is 0.129. The highest BCUT2D eigenvalue weighted by atomic mass is 35.5. The van der Waals surface area contributed by atoms with E-state index in [1.54, 1.807) is 75.9 Å². The van der Waals surface area contributed by atoms with Gasteiger partial charge in [-0.1, -0.05) is 53.5 Å². The molecule has 6 aromatic rings. The number of ketones is 1. The molecule has 1 N–H and O–H groups in total. The molecule has 0 fully saturated rings. The number of pyridine rings is 2. The maximum absolute atomic E-state index is 12.8. The lowest BCUT2D eigenvalue weighted by molar-refractivity contribution is 0.103. The van der Waals surface area contributed by atoms with Gasteiger partial charge in [-0.3, -0.25) is 4.79 Å². The molecule has 0 aliphatic heterocycles. The Morgan fingerprint density at radius 2 is 1.15 bits per heavy atom. The molecular formula is C36H30Cl2N2O6. The summed E-state index contributed by atoms with van der Waals surface area (Å²) < 4.78 is 21.0. The summed E-state index contributed by atoms with van der Waals surface area (Å²) in [6.07, 6.45) is -0.929. The molecule has 0 aliphatic carbocycles. The molecule has 1 unspecified atom stereocenters. The molecule has 46 heavy (non-hydrogen) atoms. The highest BCUT2D eigenvalue weighted by Crippen LogP contribution is 2.35. The summed E-state index contributed by atoms with van der Waals surface area (Å²) in [5.74, 6) is 2.28. The number of aliphatic hydroxyl groups is 1. The number of aliphatic hydroxyl groups excluding tert-OH is 1. The van der Waals surface area contributed by atoms with E-state index in [1.807, 2.05) is 42.5 Å². The average molecular weight is 658 g/mol. The standard InChI is InChI=1S/C18H16ClNO3.C18H14ClNO3/c2*1-22-12-7-8-15-11(9-12)10-14(18(19)20-15)17(21)13-5-3-4-6-16(13)23-2/h3-10,17,21H,1-2H3;3-10H,1-2H3. The number of aromatic nitrogens is 2. The van der Waals surface area contributed by atoms with Gasteiger partial charge in [-0.2, -0.15) is 0 Å². The van der Waals surface area contributed by atoms with E-state index in [-0.39, 0.29) is 16.1 Å². The lowest BCUT2D eigenvalue weighted by Crippen LogP contribution is -2.05. The van der Waals surface area contributed by atoms with Gasteiger partial charge in [-0.05, 0) is 66.7 Å². The zero-order valence-corrected chi connectivity index (χ0v) is 27.0. The number of nitrogens with zero attached hydrogens (tertiary/aromatic N) is 2. The molecule has 0 radical (unpaired) electrons. The number of fused-ring (bicyclic) bond motifs is 2. The van der Waals surface area contributed by atoms with Crippen molar-refractivity contribution in [2.75, 3.05) is 28.4 Å². The molecule has 1 atom stereocenters. The molecule has 0 amide bonds. The van der Waals surface area contributed by atoms with Gasteiger partial charge >= 0.3 is 0 Å². The first-order valence-electron chi connectivity index (χ1n) is 14.0. The summed E-state index contributed by atoms with van der Waals surface area (Å²) in [6, 6.07) is 28.8. The Morgan fingerprint density at radius 1 is 0.609 bits per heavy atom. The van der Waals surface area contributed by atoms with Crippen LogP contribution >= 0.6 is 23.2 Å². The number of halogens is 2. The molecule has 4 aromatic carbocycles.